The van der Waals surface area contributed by atoms with Crippen LogP contribution in [0.25, 0.3) is 0 Å². The van der Waals surface area contributed by atoms with Crippen molar-refractivity contribution >= 4 is 23.8 Å². The van der Waals surface area contributed by atoms with Crippen LogP contribution in [0.2, 0.25) is 0 Å². The van der Waals surface area contributed by atoms with Crippen molar-refractivity contribution in [2.75, 3.05) is 11.4 Å². The van der Waals surface area contributed by atoms with E-state index >= 15 is 0 Å². The summed E-state index contributed by atoms with van der Waals surface area (Å²) in [6.45, 7) is 6.66. The molecule has 0 aliphatic rings. The van der Waals surface area contributed by atoms with Crippen LogP contribution in [-0.2, 0) is 0 Å². The molecule has 86 valence electrons. The molecule has 2 aromatic rings. The molecule has 0 aliphatic carbocycles. The van der Waals surface area contributed by atoms with Crippen LogP contribution in [0, 0.1) is 0 Å². The topological polar surface area (TPSA) is 15.6 Å². The third-order valence-corrected chi connectivity index (χ3v) is 2.73. The largest absolute Gasteiger partial charge is 0.340 e. The summed E-state index contributed by atoms with van der Waals surface area (Å²) in [6.07, 6.45) is 0. The number of benzene rings is 2. The average molecular weight is 224 g/mol. The first kappa shape index (κ1) is 11.4. The van der Waals surface area contributed by atoms with E-state index < -0.39 is 0 Å². The molecule has 17 heavy (non-hydrogen) atoms. The Balaban J connectivity index is 2.46. The van der Waals surface area contributed by atoms with Crippen LogP contribution in [0.3, 0.4) is 0 Å². The summed E-state index contributed by atoms with van der Waals surface area (Å²) in [5.41, 5.74) is 3.18. The molecular formula is C15H16N2. The summed E-state index contributed by atoms with van der Waals surface area (Å²) in [6, 6.07) is 18.4. The highest BCUT2D eigenvalue weighted by Crippen LogP contribution is 2.32. The molecule has 2 aromatic carbocycles. The van der Waals surface area contributed by atoms with E-state index in [-0.39, 0.29) is 0 Å². The van der Waals surface area contributed by atoms with Crippen molar-refractivity contribution in [3.8, 4) is 0 Å². The minimum Gasteiger partial charge on any atom is -0.340 e. The Labute approximate surface area is 102 Å². The number of para-hydroxylation sites is 3. The van der Waals surface area contributed by atoms with E-state index in [9.17, 15) is 0 Å². The molecule has 0 bridgehead atoms. The van der Waals surface area contributed by atoms with Gasteiger partial charge in [-0.15, -0.1) is 0 Å². The van der Waals surface area contributed by atoms with Gasteiger partial charge in [0.05, 0.1) is 11.4 Å². The van der Waals surface area contributed by atoms with Gasteiger partial charge in [-0.25, -0.2) is 0 Å². The lowest BCUT2D eigenvalue weighted by Gasteiger charge is -2.24. The van der Waals surface area contributed by atoms with Gasteiger partial charge in [0.2, 0.25) is 0 Å². The normalized spacial score (nSPS) is 9.94. The molecule has 0 saturated carbocycles. The van der Waals surface area contributed by atoms with Gasteiger partial charge in [-0.05, 0) is 37.9 Å². The van der Waals surface area contributed by atoms with Crippen molar-refractivity contribution in [3.63, 3.8) is 0 Å². The quantitative estimate of drug-likeness (QED) is 0.711. The van der Waals surface area contributed by atoms with Gasteiger partial charge in [-0.1, -0.05) is 30.3 Å². The predicted octanol–water partition coefficient (Wildman–Crippen LogP) is 4.18. The first-order valence-corrected chi connectivity index (χ1v) is 5.75. The summed E-state index contributed by atoms with van der Waals surface area (Å²) in [7, 11) is 0. The number of aliphatic imine (C=N–C) groups is 1. The maximum Gasteiger partial charge on any atom is 0.0859 e. The van der Waals surface area contributed by atoms with Gasteiger partial charge in [0.15, 0.2) is 0 Å². The van der Waals surface area contributed by atoms with Crippen LogP contribution in [0.1, 0.15) is 6.92 Å². The molecule has 0 amide bonds. The van der Waals surface area contributed by atoms with Crippen molar-refractivity contribution in [2.24, 2.45) is 4.99 Å². The third kappa shape index (κ3) is 2.36. The standard InChI is InChI=1S/C15H16N2/c1-3-17(13-9-5-4-6-10-13)15-12-8-7-11-14(15)16-2/h4-12H,2-3H2,1H3. The summed E-state index contributed by atoms with van der Waals surface area (Å²) in [5.74, 6) is 0. The Morgan fingerprint density at radius 3 is 2.29 bits per heavy atom. The van der Waals surface area contributed by atoms with E-state index in [1.54, 1.807) is 0 Å². The van der Waals surface area contributed by atoms with Crippen LogP contribution < -0.4 is 4.90 Å². The Morgan fingerprint density at radius 2 is 1.65 bits per heavy atom. The van der Waals surface area contributed by atoms with Crippen LogP contribution in [0.4, 0.5) is 17.1 Å². The van der Waals surface area contributed by atoms with Crippen molar-refractivity contribution in [1.82, 2.24) is 0 Å². The highest BCUT2D eigenvalue weighted by Gasteiger charge is 2.09. The maximum atomic E-state index is 4.07. The van der Waals surface area contributed by atoms with Gasteiger partial charge in [-0.2, -0.15) is 0 Å². The van der Waals surface area contributed by atoms with Crippen LogP contribution >= 0.6 is 0 Å². The van der Waals surface area contributed by atoms with Gasteiger partial charge < -0.3 is 4.90 Å². The molecule has 0 atom stereocenters. The van der Waals surface area contributed by atoms with E-state index in [1.165, 1.54) is 5.69 Å². The minimum atomic E-state index is 0.899. The Hall–Kier alpha value is -2.09. The zero-order valence-corrected chi connectivity index (χ0v) is 10.0. The fourth-order valence-electron chi connectivity index (χ4n) is 1.93. The summed E-state index contributed by atoms with van der Waals surface area (Å²) in [5, 5.41) is 0. The van der Waals surface area contributed by atoms with E-state index in [4.69, 9.17) is 0 Å². The second-order valence-corrected chi connectivity index (χ2v) is 3.73. The van der Waals surface area contributed by atoms with E-state index in [1.807, 2.05) is 36.4 Å². The lowest BCUT2D eigenvalue weighted by Crippen LogP contribution is -2.15. The minimum absolute atomic E-state index is 0.899. The number of hydrogen-bond donors (Lipinski definition) is 0. The van der Waals surface area contributed by atoms with Crippen LogP contribution in [0.15, 0.2) is 59.6 Å². The van der Waals surface area contributed by atoms with Crippen molar-refractivity contribution in [1.29, 1.82) is 0 Å². The van der Waals surface area contributed by atoms with Crippen molar-refractivity contribution < 1.29 is 0 Å². The Morgan fingerprint density at radius 1 is 1.00 bits per heavy atom. The summed E-state index contributed by atoms with van der Waals surface area (Å²) >= 11 is 0. The van der Waals surface area contributed by atoms with Gasteiger partial charge in [0, 0.05) is 12.2 Å². The fourth-order valence-corrected chi connectivity index (χ4v) is 1.93. The number of rotatable bonds is 4. The molecule has 0 N–H and O–H groups in total. The maximum absolute atomic E-state index is 4.07. The predicted molar refractivity (Wildman–Crippen MR) is 74.8 cm³/mol. The highest BCUT2D eigenvalue weighted by molar-refractivity contribution is 5.75. The van der Waals surface area contributed by atoms with Gasteiger partial charge in [0.25, 0.3) is 0 Å². The Bertz CT molecular complexity index is 491. The molecule has 0 fully saturated rings. The molecule has 0 aromatic heterocycles. The molecule has 2 rings (SSSR count). The molecule has 2 heteroatoms. The van der Waals surface area contributed by atoms with E-state index in [0.29, 0.717) is 0 Å². The van der Waals surface area contributed by atoms with E-state index in [0.717, 1.165) is 17.9 Å². The van der Waals surface area contributed by atoms with Crippen molar-refractivity contribution in [2.45, 2.75) is 6.92 Å². The molecule has 0 spiro atoms. The first-order valence-electron chi connectivity index (χ1n) is 5.75. The monoisotopic (exact) mass is 224 g/mol. The lowest BCUT2D eigenvalue weighted by atomic mass is 10.2. The molecule has 0 heterocycles. The number of nitrogens with zero attached hydrogens (tertiary/aromatic N) is 2. The Kier molecular flexibility index (Phi) is 3.55. The number of hydrogen-bond acceptors (Lipinski definition) is 2. The molecular weight excluding hydrogens is 208 g/mol. The molecule has 0 saturated heterocycles. The smallest absolute Gasteiger partial charge is 0.0859 e. The second kappa shape index (κ2) is 5.30. The molecule has 2 nitrogen and oxygen atoms in total. The SMILES string of the molecule is C=Nc1ccccc1N(CC)c1ccccc1. The van der Waals surface area contributed by atoms with Gasteiger partial charge >= 0.3 is 0 Å². The molecule has 0 aliphatic heterocycles. The lowest BCUT2D eigenvalue weighted by molar-refractivity contribution is 1.02. The fraction of sp³-hybridized carbons (Fsp3) is 0.133. The van der Waals surface area contributed by atoms with E-state index in [2.05, 4.69) is 41.7 Å². The zero-order valence-electron chi connectivity index (χ0n) is 10.0. The third-order valence-electron chi connectivity index (χ3n) is 2.73. The molecule has 0 unspecified atom stereocenters. The summed E-state index contributed by atoms with van der Waals surface area (Å²) < 4.78 is 0. The van der Waals surface area contributed by atoms with Crippen LogP contribution in [0.5, 0.6) is 0 Å². The van der Waals surface area contributed by atoms with Gasteiger partial charge in [0.1, 0.15) is 0 Å². The second-order valence-electron chi connectivity index (χ2n) is 3.73. The van der Waals surface area contributed by atoms with Gasteiger partial charge in [-0.3, -0.25) is 4.99 Å². The highest BCUT2D eigenvalue weighted by atomic mass is 15.1. The zero-order chi connectivity index (χ0) is 12.1. The van der Waals surface area contributed by atoms with Crippen molar-refractivity contribution in [3.05, 3.63) is 54.6 Å². The van der Waals surface area contributed by atoms with Crippen LogP contribution in [-0.4, -0.2) is 13.3 Å². The number of anilines is 2. The summed E-state index contributed by atoms with van der Waals surface area (Å²) in [4.78, 5) is 6.30. The average Bonchev–Trinajstić information content (AvgIpc) is 2.41. The first-order chi connectivity index (χ1) is 8.36. The molecule has 0 radical (unpaired) electrons.